The van der Waals surface area contributed by atoms with E-state index < -0.39 is 30.3 Å². The van der Waals surface area contributed by atoms with E-state index in [-0.39, 0.29) is 5.75 Å². The van der Waals surface area contributed by atoms with Gasteiger partial charge in [0, 0.05) is 0 Å². The second-order valence-corrected chi connectivity index (χ2v) is 3.97. The molecule has 1 rings (SSSR count). The second kappa shape index (κ2) is 7.35. The van der Waals surface area contributed by atoms with Crippen LogP contribution >= 0.6 is 0 Å². The van der Waals surface area contributed by atoms with E-state index in [0.29, 0.717) is 12.8 Å². The van der Waals surface area contributed by atoms with Crippen LogP contribution in [0, 0.1) is 5.82 Å². The van der Waals surface area contributed by atoms with Crippen molar-refractivity contribution in [3.63, 3.8) is 0 Å². The molecule has 0 radical (unpaired) electrons. The predicted octanol–water partition coefficient (Wildman–Crippen LogP) is 1.57. The van der Waals surface area contributed by atoms with Gasteiger partial charge in [0.25, 0.3) is 5.91 Å². The van der Waals surface area contributed by atoms with Crippen LogP contribution in [0.3, 0.4) is 0 Å². The topological polar surface area (TPSA) is 75.6 Å². The molecule has 0 heterocycles. The fourth-order valence-corrected chi connectivity index (χ4v) is 1.49. The molecule has 19 heavy (non-hydrogen) atoms. The third-order valence-electron chi connectivity index (χ3n) is 2.41. The van der Waals surface area contributed by atoms with Crippen LogP contribution in [0.4, 0.5) is 4.39 Å². The van der Waals surface area contributed by atoms with E-state index in [4.69, 9.17) is 9.84 Å². The number of aliphatic carboxylic acids is 1. The SMILES string of the molecule is CCCC(NC(=O)COc1ccccc1F)C(=O)O. The van der Waals surface area contributed by atoms with E-state index in [1.165, 1.54) is 18.2 Å². The summed E-state index contributed by atoms with van der Waals surface area (Å²) in [5.74, 6) is -2.30. The zero-order chi connectivity index (χ0) is 14.3. The fourth-order valence-electron chi connectivity index (χ4n) is 1.49. The third kappa shape index (κ3) is 4.95. The summed E-state index contributed by atoms with van der Waals surface area (Å²) in [5, 5.41) is 11.2. The molecule has 0 saturated carbocycles. The summed E-state index contributed by atoms with van der Waals surface area (Å²) in [6, 6.07) is 4.74. The number of hydrogen-bond acceptors (Lipinski definition) is 3. The molecule has 0 fully saturated rings. The molecule has 0 spiro atoms. The first kappa shape index (κ1) is 14.9. The fraction of sp³-hybridized carbons (Fsp3) is 0.385. The Morgan fingerprint density at radius 2 is 2.11 bits per heavy atom. The van der Waals surface area contributed by atoms with Crippen molar-refractivity contribution < 1.29 is 23.8 Å². The lowest BCUT2D eigenvalue weighted by molar-refractivity contribution is -0.142. The lowest BCUT2D eigenvalue weighted by Gasteiger charge is -2.14. The number of benzene rings is 1. The Hall–Kier alpha value is -2.11. The highest BCUT2D eigenvalue weighted by Gasteiger charge is 2.19. The van der Waals surface area contributed by atoms with Gasteiger partial charge in [-0.2, -0.15) is 0 Å². The summed E-state index contributed by atoms with van der Waals surface area (Å²) in [5.41, 5.74) is 0. The average Bonchev–Trinajstić information content (AvgIpc) is 2.37. The summed E-state index contributed by atoms with van der Waals surface area (Å²) in [6.07, 6.45) is 0.964. The van der Waals surface area contributed by atoms with Gasteiger partial charge in [-0.25, -0.2) is 9.18 Å². The summed E-state index contributed by atoms with van der Waals surface area (Å²) in [6.45, 7) is 1.40. The molecule has 0 aromatic heterocycles. The number of carboxylic acid groups (broad SMARTS) is 1. The molecule has 1 amide bonds. The van der Waals surface area contributed by atoms with Gasteiger partial charge in [-0.1, -0.05) is 25.5 Å². The van der Waals surface area contributed by atoms with Crippen molar-refractivity contribution in [2.75, 3.05) is 6.61 Å². The number of para-hydroxylation sites is 1. The van der Waals surface area contributed by atoms with Crippen molar-refractivity contribution in [1.29, 1.82) is 0 Å². The van der Waals surface area contributed by atoms with Gasteiger partial charge < -0.3 is 15.2 Å². The number of carbonyl (C=O) groups is 2. The minimum absolute atomic E-state index is 0.0417. The number of nitrogens with one attached hydrogen (secondary N) is 1. The smallest absolute Gasteiger partial charge is 0.326 e. The van der Waals surface area contributed by atoms with Crippen LogP contribution in [0.25, 0.3) is 0 Å². The maximum atomic E-state index is 13.2. The number of carbonyl (C=O) groups excluding carboxylic acids is 1. The first-order valence-corrected chi connectivity index (χ1v) is 5.94. The van der Waals surface area contributed by atoms with Crippen molar-refractivity contribution >= 4 is 11.9 Å². The number of hydrogen-bond donors (Lipinski definition) is 2. The Labute approximate surface area is 110 Å². The Bertz CT molecular complexity index is 450. The van der Waals surface area contributed by atoms with E-state index in [0.717, 1.165) is 0 Å². The van der Waals surface area contributed by atoms with E-state index >= 15 is 0 Å². The van der Waals surface area contributed by atoms with Gasteiger partial charge in [0.2, 0.25) is 0 Å². The average molecular weight is 269 g/mol. The largest absolute Gasteiger partial charge is 0.481 e. The monoisotopic (exact) mass is 269 g/mol. The van der Waals surface area contributed by atoms with Gasteiger partial charge in [-0.05, 0) is 18.6 Å². The molecule has 6 heteroatoms. The van der Waals surface area contributed by atoms with Crippen LogP contribution in [0.15, 0.2) is 24.3 Å². The minimum atomic E-state index is -1.10. The minimum Gasteiger partial charge on any atom is -0.481 e. The number of rotatable bonds is 7. The molecular formula is C13H16FNO4. The van der Waals surface area contributed by atoms with Crippen molar-refractivity contribution in [3.05, 3.63) is 30.1 Å². The molecule has 1 aromatic carbocycles. The van der Waals surface area contributed by atoms with E-state index in [1.807, 2.05) is 6.92 Å². The van der Waals surface area contributed by atoms with E-state index in [2.05, 4.69) is 5.32 Å². The second-order valence-electron chi connectivity index (χ2n) is 3.97. The van der Waals surface area contributed by atoms with Gasteiger partial charge in [0.05, 0.1) is 0 Å². The van der Waals surface area contributed by atoms with Crippen molar-refractivity contribution in [2.45, 2.75) is 25.8 Å². The van der Waals surface area contributed by atoms with Crippen molar-refractivity contribution in [1.82, 2.24) is 5.32 Å². The molecule has 2 N–H and O–H groups in total. The standard InChI is InChI=1S/C13H16FNO4/c1-2-5-10(13(17)18)15-12(16)8-19-11-7-4-3-6-9(11)14/h3-4,6-7,10H,2,5,8H2,1H3,(H,15,16)(H,17,18). The van der Waals surface area contributed by atoms with E-state index in [9.17, 15) is 14.0 Å². The number of amides is 1. The Morgan fingerprint density at radius 1 is 1.42 bits per heavy atom. The number of halogens is 1. The quantitative estimate of drug-likeness (QED) is 0.788. The Morgan fingerprint density at radius 3 is 2.68 bits per heavy atom. The van der Waals surface area contributed by atoms with E-state index in [1.54, 1.807) is 6.07 Å². The lowest BCUT2D eigenvalue weighted by Crippen LogP contribution is -2.42. The van der Waals surface area contributed by atoms with Crippen molar-refractivity contribution in [3.8, 4) is 5.75 Å². The molecule has 0 aliphatic rings. The number of carboxylic acids is 1. The molecule has 0 saturated heterocycles. The highest BCUT2D eigenvalue weighted by atomic mass is 19.1. The summed E-state index contributed by atoms with van der Waals surface area (Å²) in [7, 11) is 0. The van der Waals surface area contributed by atoms with Crippen LogP contribution < -0.4 is 10.1 Å². The Balaban J connectivity index is 2.47. The zero-order valence-corrected chi connectivity index (χ0v) is 10.6. The molecule has 1 atom stereocenters. The summed E-state index contributed by atoms with van der Waals surface area (Å²) >= 11 is 0. The number of ether oxygens (including phenoxy) is 1. The summed E-state index contributed by atoms with van der Waals surface area (Å²) < 4.78 is 18.2. The molecule has 5 nitrogen and oxygen atoms in total. The first-order chi connectivity index (χ1) is 9.04. The van der Waals surface area contributed by atoms with Crippen LogP contribution in [-0.4, -0.2) is 29.6 Å². The zero-order valence-electron chi connectivity index (χ0n) is 10.6. The first-order valence-electron chi connectivity index (χ1n) is 5.94. The molecule has 0 aliphatic carbocycles. The van der Waals surface area contributed by atoms with Gasteiger partial charge in [-0.3, -0.25) is 4.79 Å². The summed E-state index contributed by atoms with van der Waals surface area (Å²) in [4.78, 5) is 22.3. The molecular weight excluding hydrogens is 253 g/mol. The van der Waals surface area contributed by atoms with Crippen LogP contribution in [-0.2, 0) is 9.59 Å². The van der Waals surface area contributed by atoms with Gasteiger partial charge in [0.1, 0.15) is 6.04 Å². The molecule has 1 aromatic rings. The highest BCUT2D eigenvalue weighted by Crippen LogP contribution is 2.14. The molecule has 0 bridgehead atoms. The van der Waals surface area contributed by atoms with Crippen LogP contribution in [0.1, 0.15) is 19.8 Å². The lowest BCUT2D eigenvalue weighted by atomic mass is 10.2. The van der Waals surface area contributed by atoms with Gasteiger partial charge in [0.15, 0.2) is 18.2 Å². The van der Waals surface area contributed by atoms with Gasteiger partial charge in [-0.15, -0.1) is 0 Å². The molecule has 0 aliphatic heterocycles. The van der Waals surface area contributed by atoms with Gasteiger partial charge >= 0.3 is 5.97 Å². The molecule has 1 unspecified atom stereocenters. The maximum Gasteiger partial charge on any atom is 0.326 e. The van der Waals surface area contributed by atoms with Crippen LogP contribution in [0.2, 0.25) is 0 Å². The third-order valence-corrected chi connectivity index (χ3v) is 2.41. The Kier molecular flexibility index (Phi) is 5.78. The highest BCUT2D eigenvalue weighted by molar-refractivity contribution is 5.84. The normalized spacial score (nSPS) is 11.7. The van der Waals surface area contributed by atoms with Crippen molar-refractivity contribution in [2.24, 2.45) is 0 Å². The predicted molar refractivity (Wildman–Crippen MR) is 66.4 cm³/mol. The molecule has 104 valence electrons. The van der Waals surface area contributed by atoms with Crippen LogP contribution in [0.5, 0.6) is 5.75 Å². The maximum absolute atomic E-state index is 13.2.